The molecule has 3 unspecified atom stereocenters. The summed E-state index contributed by atoms with van der Waals surface area (Å²) in [5.41, 5.74) is 4.65. The van der Waals surface area contributed by atoms with Crippen LogP contribution >= 0.6 is 0 Å². The van der Waals surface area contributed by atoms with E-state index in [-0.39, 0.29) is 24.2 Å². The monoisotopic (exact) mass is 462 g/mol. The van der Waals surface area contributed by atoms with Gasteiger partial charge in [0.1, 0.15) is 18.0 Å². The molecular formula is C27H31FN4O2. The van der Waals surface area contributed by atoms with Crippen LogP contribution in [0.25, 0.3) is 6.08 Å². The topological polar surface area (TPSA) is 94.9 Å². The summed E-state index contributed by atoms with van der Waals surface area (Å²) in [7, 11) is 0. The molecule has 0 spiro atoms. The number of ketones is 1. The van der Waals surface area contributed by atoms with Gasteiger partial charge in [0.05, 0.1) is 17.6 Å². The highest BCUT2D eigenvalue weighted by atomic mass is 19.1. The van der Waals surface area contributed by atoms with Crippen molar-refractivity contribution in [1.29, 1.82) is 5.26 Å². The van der Waals surface area contributed by atoms with Gasteiger partial charge in [-0.1, -0.05) is 26.0 Å². The molecule has 1 aliphatic heterocycles. The van der Waals surface area contributed by atoms with Crippen LogP contribution in [0.4, 0.5) is 10.2 Å². The van der Waals surface area contributed by atoms with Gasteiger partial charge in [-0.05, 0) is 62.0 Å². The van der Waals surface area contributed by atoms with E-state index in [1.165, 1.54) is 0 Å². The molecule has 2 N–H and O–H groups in total. The van der Waals surface area contributed by atoms with Crippen LogP contribution in [-0.2, 0) is 9.59 Å². The predicted octanol–water partition coefficient (Wildman–Crippen LogP) is 5.10. The van der Waals surface area contributed by atoms with Gasteiger partial charge in [0, 0.05) is 30.0 Å². The van der Waals surface area contributed by atoms with E-state index in [2.05, 4.69) is 21.7 Å². The molecule has 1 saturated carbocycles. The second-order valence-electron chi connectivity index (χ2n) is 8.74. The maximum Gasteiger partial charge on any atom is 0.231 e. The molecule has 0 saturated heterocycles. The lowest BCUT2D eigenvalue weighted by atomic mass is 9.88. The van der Waals surface area contributed by atoms with Crippen LogP contribution in [0, 0.1) is 24.2 Å². The fourth-order valence-corrected chi connectivity index (χ4v) is 3.87. The number of dihydropyridines is 1. The summed E-state index contributed by atoms with van der Waals surface area (Å²) in [6, 6.07) is 3.66. The van der Waals surface area contributed by atoms with Crippen molar-refractivity contribution in [3.05, 3.63) is 64.0 Å². The lowest BCUT2D eigenvalue weighted by molar-refractivity contribution is -0.120. The summed E-state index contributed by atoms with van der Waals surface area (Å²) in [6.07, 6.45) is 10.3. The van der Waals surface area contributed by atoms with Crippen molar-refractivity contribution in [2.45, 2.75) is 65.6 Å². The van der Waals surface area contributed by atoms with Gasteiger partial charge in [-0.2, -0.15) is 5.26 Å². The quantitative estimate of drug-likeness (QED) is 0.393. The maximum absolute atomic E-state index is 13.1. The minimum atomic E-state index is -1.06. The number of aryl methyl sites for hydroxylation is 1. The van der Waals surface area contributed by atoms with Crippen molar-refractivity contribution in [2.24, 2.45) is 5.92 Å². The Hall–Kier alpha value is -3.53. The number of aromatic nitrogens is 1. The van der Waals surface area contributed by atoms with E-state index in [1.54, 1.807) is 18.5 Å². The Morgan fingerprint density at radius 3 is 2.65 bits per heavy atom. The number of nitrogens with zero attached hydrogens (tertiary/aromatic N) is 2. The van der Waals surface area contributed by atoms with Crippen LogP contribution in [0.2, 0.25) is 0 Å². The number of alkyl halides is 1. The number of nitrogens with one attached hydrogen (secondary N) is 2. The number of carbonyl (C=O) groups excluding carboxylic acids is 2. The largest absolute Gasteiger partial charge is 0.378 e. The second-order valence-corrected chi connectivity index (χ2v) is 8.74. The number of hydrogen-bond acceptors (Lipinski definition) is 5. The van der Waals surface area contributed by atoms with E-state index in [0.29, 0.717) is 24.2 Å². The summed E-state index contributed by atoms with van der Waals surface area (Å²) in [5.74, 6) is -0.432. The number of anilines is 1. The average molecular weight is 463 g/mol. The lowest BCUT2D eigenvalue weighted by Crippen LogP contribution is -2.34. The third kappa shape index (κ3) is 5.88. The number of rotatable bonds is 9. The first kappa shape index (κ1) is 25.1. The summed E-state index contributed by atoms with van der Waals surface area (Å²) in [6.45, 7) is 7.77. The van der Waals surface area contributed by atoms with Crippen LogP contribution in [0.15, 0.2) is 52.9 Å². The van der Waals surface area contributed by atoms with Crippen molar-refractivity contribution < 1.29 is 14.0 Å². The van der Waals surface area contributed by atoms with Crippen molar-refractivity contribution >= 4 is 23.6 Å². The van der Waals surface area contributed by atoms with Gasteiger partial charge in [0.25, 0.3) is 0 Å². The highest BCUT2D eigenvalue weighted by molar-refractivity contribution is 5.94. The molecule has 0 radical (unpaired) electrons. The van der Waals surface area contributed by atoms with E-state index in [4.69, 9.17) is 0 Å². The number of allylic oxidation sites excluding steroid dienone is 5. The zero-order valence-corrected chi connectivity index (χ0v) is 20.1. The molecule has 0 aromatic carbocycles. The van der Waals surface area contributed by atoms with E-state index < -0.39 is 12.1 Å². The van der Waals surface area contributed by atoms with Gasteiger partial charge in [-0.25, -0.2) is 9.37 Å². The predicted molar refractivity (Wildman–Crippen MR) is 131 cm³/mol. The van der Waals surface area contributed by atoms with Crippen LogP contribution < -0.4 is 10.6 Å². The minimum Gasteiger partial charge on any atom is -0.378 e. The number of amides is 1. The highest BCUT2D eigenvalue weighted by Crippen LogP contribution is 2.35. The van der Waals surface area contributed by atoms with Gasteiger partial charge in [0.15, 0.2) is 5.78 Å². The third-order valence-corrected chi connectivity index (χ3v) is 5.95. The molecule has 1 aromatic rings. The maximum atomic E-state index is 13.1. The number of halogens is 1. The fraction of sp³-hybridized carbons (Fsp3) is 0.407. The highest BCUT2D eigenvalue weighted by Gasteiger charge is 2.43. The van der Waals surface area contributed by atoms with E-state index in [9.17, 15) is 19.2 Å². The Morgan fingerprint density at radius 2 is 2.09 bits per heavy atom. The van der Waals surface area contributed by atoms with Gasteiger partial charge >= 0.3 is 0 Å². The molecule has 34 heavy (non-hydrogen) atoms. The number of Topliss-reactive ketones (excluding diaryl/α,β-unsaturated/α-hetero) is 1. The Labute approximate surface area is 200 Å². The molecule has 1 aliphatic carbocycles. The number of nitriles is 1. The van der Waals surface area contributed by atoms with Crippen molar-refractivity contribution in [3.63, 3.8) is 0 Å². The second kappa shape index (κ2) is 11.1. The minimum absolute atomic E-state index is 0.134. The van der Waals surface area contributed by atoms with E-state index in [1.807, 2.05) is 45.9 Å². The van der Waals surface area contributed by atoms with Gasteiger partial charge in [-0.3, -0.25) is 9.59 Å². The molecule has 1 aromatic heterocycles. The standard InChI is InChI=1S/C27H31FN4O2/c1-5-7-18(13-29)20(22-15-30-24(9-17(22)4)25(33)8-6-2)11-19-14-31-26(10-16(19)3)32-27(34)21-12-23(21)28/h7,9-11,14-15,21,23-24,30H,5-6,8,12H2,1-4H3,(H,31,32,34)/b18-7+,20-11+. The van der Waals surface area contributed by atoms with Gasteiger partial charge < -0.3 is 10.6 Å². The number of hydrogen-bond donors (Lipinski definition) is 2. The molecule has 1 fully saturated rings. The van der Waals surface area contributed by atoms with Gasteiger partial charge in [-0.15, -0.1) is 0 Å². The van der Waals surface area contributed by atoms with Crippen LogP contribution in [0.5, 0.6) is 0 Å². The first-order chi connectivity index (χ1) is 16.3. The molecule has 2 aliphatic rings. The molecule has 6 nitrogen and oxygen atoms in total. The van der Waals surface area contributed by atoms with Crippen LogP contribution in [0.3, 0.4) is 0 Å². The summed E-state index contributed by atoms with van der Waals surface area (Å²) in [4.78, 5) is 28.7. The SMILES string of the molecule is CC/C=C(C#N)/C(=C\c1cnc(NC(=O)C2CC2F)cc1C)C1=CNC(C(=O)CCC)C=C1C. The molecule has 3 rings (SSSR count). The lowest BCUT2D eigenvalue weighted by Gasteiger charge is -2.23. The normalized spacial score (nSPS) is 22.2. The first-order valence-electron chi connectivity index (χ1n) is 11.7. The molecule has 7 heteroatoms. The fourth-order valence-electron chi connectivity index (χ4n) is 3.87. The van der Waals surface area contributed by atoms with E-state index in [0.717, 1.165) is 34.3 Å². The zero-order chi connectivity index (χ0) is 24.8. The Kier molecular flexibility index (Phi) is 8.17. The Balaban J connectivity index is 1.92. The zero-order valence-electron chi connectivity index (χ0n) is 20.1. The van der Waals surface area contributed by atoms with Crippen molar-refractivity contribution in [2.75, 3.05) is 5.32 Å². The summed E-state index contributed by atoms with van der Waals surface area (Å²) in [5, 5.41) is 15.7. The first-order valence-corrected chi connectivity index (χ1v) is 11.7. The van der Waals surface area contributed by atoms with Crippen LogP contribution in [0.1, 0.15) is 57.6 Å². The molecule has 178 valence electrons. The summed E-state index contributed by atoms with van der Waals surface area (Å²) >= 11 is 0. The number of pyridine rings is 1. The Morgan fingerprint density at radius 1 is 1.35 bits per heavy atom. The van der Waals surface area contributed by atoms with Crippen molar-refractivity contribution in [1.82, 2.24) is 10.3 Å². The molecule has 3 atom stereocenters. The summed E-state index contributed by atoms with van der Waals surface area (Å²) < 4.78 is 13.1. The van der Waals surface area contributed by atoms with E-state index >= 15 is 0 Å². The third-order valence-electron chi connectivity index (χ3n) is 5.95. The number of carbonyl (C=O) groups is 2. The van der Waals surface area contributed by atoms with Crippen LogP contribution in [-0.4, -0.2) is 28.9 Å². The molecule has 2 heterocycles. The average Bonchev–Trinajstić information content (AvgIpc) is 3.54. The molecule has 1 amide bonds. The Bertz CT molecular complexity index is 1140. The van der Waals surface area contributed by atoms with Gasteiger partial charge in [0.2, 0.25) is 5.91 Å². The molecule has 0 bridgehead atoms. The van der Waals surface area contributed by atoms with Crippen molar-refractivity contribution in [3.8, 4) is 6.07 Å². The molecular weight excluding hydrogens is 431 g/mol. The smallest absolute Gasteiger partial charge is 0.231 e.